The third-order valence-corrected chi connectivity index (χ3v) is 7.76. The number of halogens is 1. The molecule has 1 atom stereocenters. The summed E-state index contributed by atoms with van der Waals surface area (Å²) in [7, 11) is 0. The molecule has 0 aromatic heterocycles. The van der Waals surface area contributed by atoms with E-state index in [4.69, 9.17) is 4.74 Å². The van der Waals surface area contributed by atoms with Gasteiger partial charge < -0.3 is 15.0 Å². The first kappa shape index (κ1) is 27.9. The number of nitrogens with one attached hydrogen (secondary N) is 1. The minimum atomic E-state index is -0.652. The summed E-state index contributed by atoms with van der Waals surface area (Å²) in [6.07, 6.45) is 4.66. The van der Waals surface area contributed by atoms with Crippen LogP contribution in [0.4, 0.5) is 0 Å². The molecule has 0 saturated heterocycles. The highest BCUT2D eigenvalue weighted by Gasteiger charge is 2.32. The molecule has 5 nitrogen and oxygen atoms in total. The molecule has 0 aliphatic heterocycles. The van der Waals surface area contributed by atoms with Crippen LogP contribution in [0.25, 0.3) is 0 Å². The summed E-state index contributed by atoms with van der Waals surface area (Å²) in [5.41, 5.74) is 3.17. The first-order valence-corrected chi connectivity index (χ1v) is 14.3. The zero-order valence-electron chi connectivity index (χ0n) is 22.2. The summed E-state index contributed by atoms with van der Waals surface area (Å²) in [5, 5.41) is 3.24. The Morgan fingerprint density at radius 3 is 2.18 bits per heavy atom. The van der Waals surface area contributed by atoms with E-state index >= 15 is 0 Å². The fourth-order valence-corrected chi connectivity index (χ4v) is 5.43. The largest absolute Gasteiger partial charge is 0.483 e. The average molecular weight is 578 g/mol. The van der Waals surface area contributed by atoms with Crippen molar-refractivity contribution in [2.75, 3.05) is 6.61 Å². The monoisotopic (exact) mass is 576 g/mol. The van der Waals surface area contributed by atoms with Gasteiger partial charge in [-0.1, -0.05) is 93.4 Å². The molecule has 1 N–H and O–H groups in total. The van der Waals surface area contributed by atoms with E-state index in [-0.39, 0.29) is 24.5 Å². The molecule has 1 aliphatic rings. The smallest absolute Gasteiger partial charge is 0.261 e. The molecule has 38 heavy (non-hydrogen) atoms. The number of carbonyl (C=O) groups is 2. The van der Waals surface area contributed by atoms with E-state index in [1.165, 1.54) is 5.56 Å². The van der Waals surface area contributed by atoms with E-state index in [9.17, 15) is 9.59 Å². The topological polar surface area (TPSA) is 58.6 Å². The fraction of sp³-hybridized carbons (Fsp3) is 0.375. The summed E-state index contributed by atoms with van der Waals surface area (Å²) in [4.78, 5) is 29.2. The SMILES string of the molecule is CC(C)c1ccc(OCC(=O)N(Cc2ccccc2)C(Cc2ccccc2)C(=O)NC2CCCC2)c(Br)c1. The number of hydrogen-bond donors (Lipinski definition) is 1. The van der Waals surface area contributed by atoms with Crippen molar-refractivity contribution in [2.24, 2.45) is 0 Å². The molecule has 4 rings (SSSR count). The molecular weight excluding hydrogens is 540 g/mol. The molecule has 3 aromatic rings. The fourth-order valence-electron chi connectivity index (χ4n) is 4.92. The van der Waals surface area contributed by atoms with E-state index in [1.807, 2.05) is 78.9 Å². The lowest BCUT2D eigenvalue weighted by Crippen LogP contribution is -2.53. The number of carbonyl (C=O) groups excluding carboxylic acids is 2. The van der Waals surface area contributed by atoms with Gasteiger partial charge in [0.2, 0.25) is 5.91 Å². The summed E-state index contributed by atoms with van der Waals surface area (Å²) in [6.45, 7) is 4.44. The van der Waals surface area contributed by atoms with Crippen molar-refractivity contribution in [2.45, 2.75) is 70.5 Å². The lowest BCUT2D eigenvalue weighted by molar-refractivity contribution is -0.143. The van der Waals surface area contributed by atoms with Crippen LogP contribution in [0.2, 0.25) is 0 Å². The van der Waals surface area contributed by atoms with E-state index in [0.29, 0.717) is 24.6 Å². The Kier molecular flexibility index (Phi) is 9.99. The van der Waals surface area contributed by atoms with Gasteiger partial charge in [-0.25, -0.2) is 0 Å². The van der Waals surface area contributed by atoms with Crippen LogP contribution in [-0.2, 0) is 22.6 Å². The number of hydrogen-bond acceptors (Lipinski definition) is 3. The van der Waals surface area contributed by atoms with E-state index in [1.54, 1.807) is 4.90 Å². The molecule has 0 radical (unpaired) electrons. The van der Waals surface area contributed by atoms with Crippen LogP contribution in [0.15, 0.2) is 83.3 Å². The van der Waals surface area contributed by atoms with Gasteiger partial charge in [0.25, 0.3) is 5.91 Å². The van der Waals surface area contributed by atoms with Crippen LogP contribution in [-0.4, -0.2) is 35.4 Å². The molecule has 1 unspecified atom stereocenters. The van der Waals surface area contributed by atoms with E-state index < -0.39 is 6.04 Å². The van der Waals surface area contributed by atoms with Gasteiger partial charge in [-0.05, 0) is 63.5 Å². The molecule has 0 heterocycles. The number of rotatable bonds is 11. The normalized spacial score (nSPS) is 14.3. The Morgan fingerprint density at radius 1 is 0.947 bits per heavy atom. The van der Waals surface area contributed by atoms with Crippen LogP contribution in [0.1, 0.15) is 62.1 Å². The molecule has 0 bridgehead atoms. The van der Waals surface area contributed by atoms with Crippen LogP contribution in [0.5, 0.6) is 5.75 Å². The average Bonchev–Trinajstić information content (AvgIpc) is 3.44. The zero-order valence-corrected chi connectivity index (χ0v) is 23.8. The van der Waals surface area contributed by atoms with Crippen LogP contribution in [0, 0.1) is 0 Å². The maximum atomic E-state index is 13.8. The van der Waals surface area contributed by atoms with Crippen molar-refractivity contribution < 1.29 is 14.3 Å². The molecule has 6 heteroatoms. The Morgan fingerprint density at radius 2 is 1.58 bits per heavy atom. The van der Waals surface area contributed by atoms with E-state index in [2.05, 4.69) is 35.1 Å². The van der Waals surface area contributed by atoms with Gasteiger partial charge in [-0.2, -0.15) is 0 Å². The molecule has 2 amide bonds. The predicted octanol–water partition coefficient (Wildman–Crippen LogP) is 6.65. The lowest BCUT2D eigenvalue weighted by atomic mass is 10.0. The Bertz CT molecular complexity index is 1190. The van der Waals surface area contributed by atoms with Crippen molar-refractivity contribution in [3.05, 3.63) is 100 Å². The molecular formula is C32H37BrN2O3. The van der Waals surface area contributed by atoms with Crippen LogP contribution in [0.3, 0.4) is 0 Å². The highest BCUT2D eigenvalue weighted by atomic mass is 79.9. The quantitative estimate of drug-likeness (QED) is 0.278. The van der Waals surface area contributed by atoms with E-state index in [0.717, 1.165) is 41.3 Å². The van der Waals surface area contributed by atoms with Gasteiger partial charge in [0.15, 0.2) is 6.61 Å². The standard InChI is InChI=1S/C32H37BrN2O3/c1-23(2)26-17-18-30(28(33)20-26)38-22-31(36)35(21-25-13-7-4-8-14-25)29(19-24-11-5-3-6-12-24)32(37)34-27-15-9-10-16-27/h3-8,11-14,17-18,20,23,27,29H,9-10,15-16,19,21-22H2,1-2H3,(H,34,37). The van der Waals surface area contributed by atoms with Gasteiger partial charge in [-0.3, -0.25) is 9.59 Å². The predicted molar refractivity (Wildman–Crippen MR) is 155 cm³/mol. The van der Waals surface area contributed by atoms with Crippen molar-refractivity contribution in [3.63, 3.8) is 0 Å². The maximum absolute atomic E-state index is 13.8. The maximum Gasteiger partial charge on any atom is 0.261 e. The molecule has 1 fully saturated rings. The Hall–Kier alpha value is -3.12. The highest BCUT2D eigenvalue weighted by Crippen LogP contribution is 2.29. The first-order chi connectivity index (χ1) is 18.4. The van der Waals surface area contributed by atoms with Gasteiger partial charge in [0.05, 0.1) is 4.47 Å². The molecule has 1 saturated carbocycles. The third-order valence-electron chi connectivity index (χ3n) is 7.14. The van der Waals surface area contributed by atoms with Crippen molar-refractivity contribution in [1.82, 2.24) is 10.2 Å². The number of amides is 2. The second-order valence-electron chi connectivity index (χ2n) is 10.3. The third kappa shape index (κ3) is 7.70. The van der Waals surface area contributed by atoms with Crippen LogP contribution >= 0.6 is 15.9 Å². The second kappa shape index (κ2) is 13.6. The van der Waals surface area contributed by atoms with Gasteiger partial charge >= 0.3 is 0 Å². The van der Waals surface area contributed by atoms with Crippen molar-refractivity contribution >= 4 is 27.7 Å². The summed E-state index contributed by atoms with van der Waals surface area (Å²) >= 11 is 3.59. The molecule has 200 valence electrons. The first-order valence-electron chi connectivity index (χ1n) is 13.5. The number of nitrogens with zero attached hydrogens (tertiary/aromatic N) is 1. The minimum Gasteiger partial charge on any atom is -0.483 e. The van der Waals surface area contributed by atoms with Gasteiger partial charge in [-0.15, -0.1) is 0 Å². The van der Waals surface area contributed by atoms with Crippen LogP contribution < -0.4 is 10.1 Å². The van der Waals surface area contributed by atoms with Gasteiger partial charge in [0, 0.05) is 19.0 Å². The zero-order chi connectivity index (χ0) is 26.9. The van der Waals surface area contributed by atoms with Crippen molar-refractivity contribution in [3.8, 4) is 5.75 Å². The lowest BCUT2D eigenvalue weighted by Gasteiger charge is -2.32. The molecule has 0 spiro atoms. The molecule has 3 aromatic carbocycles. The summed E-state index contributed by atoms with van der Waals surface area (Å²) in [6, 6.07) is 25.2. The minimum absolute atomic E-state index is 0.104. The highest BCUT2D eigenvalue weighted by molar-refractivity contribution is 9.10. The second-order valence-corrected chi connectivity index (χ2v) is 11.2. The Labute approximate surface area is 234 Å². The number of ether oxygens (including phenoxy) is 1. The van der Waals surface area contributed by atoms with Crippen molar-refractivity contribution in [1.29, 1.82) is 0 Å². The number of benzene rings is 3. The molecule has 1 aliphatic carbocycles. The van der Waals surface area contributed by atoms with Gasteiger partial charge in [0.1, 0.15) is 11.8 Å². The summed E-state index contributed by atoms with van der Waals surface area (Å²) < 4.78 is 6.81. The Balaban J connectivity index is 1.59. The summed E-state index contributed by atoms with van der Waals surface area (Å²) in [5.74, 6) is 0.668.